The molecule has 0 rings (SSSR count). The smallest absolute Gasteiger partial charge is 0.219 e. The molecule has 70 valence electrons. The lowest BCUT2D eigenvalue weighted by Crippen LogP contribution is -2.28. The van der Waals surface area contributed by atoms with E-state index in [0.717, 1.165) is 6.42 Å². The Hall–Kier alpha value is -1.06. The van der Waals surface area contributed by atoms with Crippen molar-refractivity contribution in [2.45, 2.75) is 26.7 Å². The molecule has 0 aromatic rings. The molecule has 4 nitrogen and oxygen atoms in total. The quantitative estimate of drug-likeness (QED) is 0.575. The highest BCUT2D eigenvalue weighted by molar-refractivity contribution is 5.75. The molecule has 0 aliphatic carbocycles. The van der Waals surface area contributed by atoms with Crippen molar-refractivity contribution >= 4 is 11.8 Å². The summed E-state index contributed by atoms with van der Waals surface area (Å²) >= 11 is 0. The number of carbonyl (C=O) groups is 2. The van der Waals surface area contributed by atoms with Crippen LogP contribution in [0.25, 0.3) is 0 Å². The van der Waals surface area contributed by atoms with Gasteiger partial charge in [0.05, 0.1) is 0 Å². The summed E-state index contributed by atoms with van der Waals surface area (Å²) in [6, 6.07) is 0. The third-order valence-electron chi connectivity index (χ3n) is 1.37. The first kappa shape index (κ1) is 10.9. The zero-order valence-electron chi connectivity index (χ0n) is 7.64. The van der Waals surface area contributed by atoms with E-state index in [9.17, 15) is 9.59 Å². The van der Waals surface area contributed by atoms with Crippen LogP contribution in [0.4, 0.5) is 0 Å². The Morgan fingerprint density at radius 2 is 1.75 bits per heavy atom. The van der Waals surface area contributed by atoms with Crippen LogP contribution < -0.4 is 10.6 Å². The summed E-state index contributed by atoms with van der Waals surface area (Å²) in [5, 5.41) is 5.36. The van der Waals surface area contributed by atoms with Crippen molar-refractivity contribution in [3.05, 3.63) is 0 Å². The number of amides is 2. The fourth-order valence-electron chi connectivity index (χ4n) is 0.706. The van der Waals surface area contributed by atoms with Gasteiger partial charge in [0.25, 0.3) is 0 Å². The van der Waals surface area contributed by atoms with Crippen molar-refractivity contribution < 1.29 is 9.59 Å². The molecule has 0 fully saturated rings. The number of rotatable bonds is 5. The maximum atomic E-state index is 10.7. The van der Waals surface area contributed by atoms with E-state index in [-0.39, 0.29) is 11.8 Å². The van der Waals surface area contributed by atoms with Crippen LogP contribution in [0, 0.1) is 0 Å². The number of nitrogens with one attached hydrogen (secondary N) is 2. The number of carbonyl (C=O) groups excluding carboxylic acids is 2. The molecule has 0 atom stereocenters. The summed E-state index contributed by atoms with van der Waals surface area (Å²) < 4.78 is 0. The average molecular weight is 172 g/mol. The van der Waals surface area contributed by atoms with E-state index in [0.29, 0.717) is 19.5 Å². The van der Waals surface area contributed by atoms with Crippen LogP contribution >= 0.6 is 0 Å². The molecule has 0 saturated carbocycles. The Morgan fingerprint density at radius 1 is 1.17 bits per heavy atom. The lowest BCUT2D eigenvalue weighted by Gasteiger charge is -2.03. The average Bonchev–Trinajstić information content (AvgIpc) is 2.03. The second-order valence-electron chi connectivity index (χ2n) is 2.54. The molecule has 0 spiro atoms. The standard InChI is InChI=1S/C8H16N2O2/c1-3-8(12)10-6-4-5-9-7(2)11/h3-6H2,1-2H3,(H,9,11)(H,10,12). The zero-order valence-corrected chi connectivity index (χ0v) is 7.64. The van der Waals surface area contributed by atoms with Gasteiger partial charge in [-0.3, -0.25) is 9.59 Å². The van der Waals surface area contributed by atoms with Gasteiger partial charge >= 0.3 is 0 Å². The largest absolute Gasteiger partial charge is 0.356 e. The first-order valence-electron chi connectivity index (χ1n) is 4.18. The first-order chi connectivity index (χ1) is 5.66. The van der Waals surface area contributed by atoms with Gasteiger partial charge in [0.2, 0.25) is 11.8 Å². The molecular weight excluding hydrogens is 156 g/mol. The third-order valence-corrected chi connectivity index (χ3v) is 1.37. The van der Waals surface area contributed by atoms with Crippen LogP contribution in [0.5, 0.6) is 0 Å². The molecule has 12 heavy (non-hydrogen) atoms. The Balaban J connectivity index is 3.11. The van der Waals surface area contributed by atoms with E-state index < -0.39 is 0 Å². The van der Waals surface area contributed by atoms with Crippen LogP contribution in [0.1, 0.15) is 26.7 Å². The minimum Gasteiger partial charge on any atom is -0.356 e. The summed E-state index contributed by atoms with van der Waals surface area (Å²) in [4.78, 5) is 21.1. The van der Waals surface area contributed by atoms with Gasteiger partial charge in [-0.1, -0.05) is 6.92 Å². The topological polar surface area (TPSA) is 58.2 Å². The minimum absolute atomic E-state index is 0.0307. The molecular formula is C8H16N2O2. The molecule has 0 radical (unpaired) electrons. The van der Waals surface area contributed by atoms with E-state index in [2.05, 4.69) is 10.6 Å². The van der Waals surface area contributed by atoms with Gasteiger partial charge in [0.15, 0.2) is 0 Å². The molecule has 0 aliphatic heterocycles. The molecule has 0 aromatic carbocycles. The predicted octanol–water partition coefficient (Wildman–Crippen LogP) is 0.0388. The van der Waals surface area contributed by atoms with Gasteiger partial charge in [-0.05, 0) is 6.42 Å². The van der Waals surface area contributed by atoms with Crippen LogP contribution in [0.2, 0.25) is 0 Å². The molecule has 2 amide bonds. The number of hydrogen-bond acceptors (Lipinski definition) is 2. The Labute approximate surface area is 72.7 Å². The summed E-state index contributed by atoms with van der Waals surface area (Å²) in [5.74, 6) is 0.0228. The summed E-state index contributed by atoms with van der Waals surface area (Å²) in [6.45, 7) is 4.54. The molecule has 0 saturated heterocycles. The first-order valence-corrected chi connectivity index (χ1v) is 4.18. The molecule has 4 heteroatoms. The van der Waals surface area contributed by atoms with Gasteiger partial charge < -0.3 is 10.6 Å². The van der Waals surface area contributed by atoms with Crippen molar-refractivity contribution in [2.24, 2.45) is 0 Å². The van der Waals surface area contributed by atoms with E-state index in [1.807, 2.05) is 6.92 Å². The summed E-state index contributed by atoms with van der Waals surface area (Å²) in [6.07, 6.45) is 1.30. The highest BCUT2D eigenvalue weighted by Crippen LogP contribution is 1.77. The second kappa shape index (κ2) is 6.64. The summed E-state index contributed by atoms with van der Waals surface area (Å²) in [7, 11) is 0. The molecule has 0 unspecified atom stereocenters. The highest BCUT2D eigenvalue weighted by Gasteiger charge is 1.94. The third kappa shape index (κ3) is 7.05. The normalized spacial score (nSPS) is 9.17. The maximum Gasteiger partial charge on any atom is 0.219 e. The van der Waals surface area contributed by atoms with Crippen LogP contribution in [0.15, 0.2) is 0 Å². The predicted molar refractivity (Wildman–Crippen MR) is 46.6 cm³/mol. The van der Waals surface area contributed by atoms with Crippen molar-refractivity contribution in [2.75, 3.05) is 13.1 Å². The lowest BCUT2D eigenvalue weighted by molar-refractivity contribution is -0.120. The monoisotopic (exact) mass is 172 g/mol. The van der Waals surface area contributed by atoms with E-state index in [1.54, 1.807) is 0 Å². The van der Waals surface area contributed by atoms with Gasteiger partial charge in [0, 0.05) is 26.4 Å². The van der Waals surface area contributed by atoms with E-state index in [4.69, 9.17) is 0 Å². The van der Waals surface area contributed by atoms with Crippen LogP contribution in [-0.4, -0.2) is 24.9 Å². The van der Waals surface area contributed by atoms with Crippen LogP contribution in [0.3, 0.4) is 0 Å². The fourth-order valence-corrected chi connectivity index (χ4v) is 0.706. The van der Waals surface area contributed by atoms with E-state index >= 15 is 0 Å². The van der Waals surface area contributed by atoms with Crippen molar-refractivity contribution in [3.63, 3.8) is 0 Å². The van der Waals surface area contributed by atoms with Gasteiger partial charge in [-0.15, -0.1) is 0 Å². The number of hydrogen-bond donors (Lipinski definition) is 2. The maximum absolute atomic E-state index is 10.7. The minimum atomic E-state index is -0.0307. The SMILES string of the molecule is CCC(=O)NCCCNC(C)=O. The molecule has 0 aliphatic rings. The molecule has 0 bridgehead atoms. The van der Waals surface area contributed by atoms with Gasteiger partial charge in [-0.25, -0.2) is 0 Å². The Bertz CT molecular complexity index is 157. The molecule has 0 aromatic heterocycles. The molecule has 0 heterocycles. The molecule has 2 N–H and O–H groups in total. The van der Waals surface area contributed by atoms with Crippen molar-refractivity contribution in [1.82, 2.24) is 10.6 Å². The van der Waals surface area contributed by atoms with Gasteiger partial charge in [-0.2, -0.15) is 0 Å². The second-order valence-corrected chi connectivity index (χ2v) is 2.54. The van der Waals surface area contributed by atoms with Gasteiger partial charge in [0.1, 0.15) is 0 Å². The fraction of sp³-hybridized carbons (Fsp3) is 0.750. The lowest BCUT2D eigenvalue weighted by atomic mass is 10.4. The van der Waals surface area contributed by atoms with E-state index in [1.165, 1.54) is 6.92 Å². The summed E-state index contributed by atoms with van der Waals surface area (Å²) in [5.41, 5.74) is 0. The Kier molecular flexibility index (Phi) is 6.05. The van der Waals surface area contributed by atoms with Crippen molar-refractivity contribution in [1.29, 1.82) is 0 Å². The Morgan fingerprint density at radius 3 is 2.25 bits per heavy atom. The zero-order chi connectivity index (χ0) is 9.40. The highest BCUT2D eigenvalue weighted by atomic mass is 16.2. The van der Waals surface area contributed by atoms with Crippen molar-refractivity contribution in [3.8, 4) is 0 Å². The van der Waals surface area contributed by atoms with Crippen LogP contribution in [-0.2, 0) is 9.59 Å².